The van der Waals surface area contributed by atoms with Gasteiger partial charge in [0.15, 0.2) is 11.5 Å². The van der Waals surface area contributed by atoms with Crippen molar-refractivity contribution in [3.05, 3.63) is 48.3 Å². The van der Waals surface area contributed by atoms with Crippen LogP contribution in [0.4, 0.5) is 0 Å². The van der Waals surface area contributed by atoms with Gasteiger partial charge >= 0.3 is 0 Å². The SMILES string of the molecule is CCCOc1ccccc1Oc1cccnc1CN. The lowest BCUT2D eigenvalue weighted by Gasteiger charge is -2.13. The minimum atomic E-state index is 0.341. The largest absolute Gasteiger partial charge is 0.490 e. The van der Waals surface area contributed by atoms with Crippen LogP contribution < -0.4 is 15.2 Å². The molecule has 1 aromatic heterocycles. The summed E-state index contributed by atoms with van der Waals surface area (Å²) in [5, 5.41) is 0. The zero-order chi connectivity index (χ0) is 13.5. The van der Waals surface area contributed by atoms with Gasteiger partial charge in [0.25, 0.3) is 0 Å². The molecule has 1 heterocycles. The molecule has 0 aliphatic carbocycles. The third kappa shape index (κ3) is 3.45. The molecule has 19 heavy (non-hydrogen) atoms. The molecule has 0 radical (unpaired) electrons. The second-order valence-electron chi connectivity index (χ2n) is 4.05. The van der Waals surface area contributed by atoms with Crippen LogP contribution in [0, 0.1) is 0 Å². The monoisotopic (exact) mass is 258 g/mol. The molecular weight excluding hydrogens is 240 g/mol. The molecule has 0 unspecified atom stereocenters. The predicted octanol–water partition coefficient (Wildman–Crippen LogP) is 3.12. The molecule has 100 valence electrons. The molecular formula is C15H18N2O2. The first-order valence-corrected chi connectivity index (χ1v) is 6.38. The Hall–Kier alpha value is -2.07. The number of hydrogen-bond donors (Lipinski definition) is 1. The molecule has 0 bridgehead atoms. The number of rotatable bonds is 6. The van der Waals surface area contributed by atoms with E-state index in [4.69, 9.17) is 15.2 Å². The summed E-state index contributed by atoms with van der Waals surface area (Å²) in [5.74, 6) is 2.08. The molecule has 0 spiro atoms. The van der Waals surface area contributed by atoms with Crippen molar-refractivity contribution >= 4 is 0 Å². The topological polar surface area (TPSA) is 57.4 Å². The fraction of sp³-hybridized carbons (Fsp3) is 0.267. The average Bonchev–Trinajstić information content (AvgIpc) is 2.47. The molecule has 4 heteroatoms. The molecule has 2 N–H and O–H groups in total. The Morgan fingerprint density at radius 3 is 2.53 bits per heavy atom. The fourth-order valence-electron chi connectivity index (χ4n) is 1.65. The lowest BCUT2D eigenvalue weighted by molar-refractivity contribution is 0.301. The lowest BCUT2D eigenvalue weighted by atomic mass is 10.3. The van der Waals surface area contributed by atoms with Crippen LogP contribution in [0.3, 0.4) is 0 Å². The quantitative estimate of drug-likeness (QED) is 0.864. The lowest BCUT2D eigenvalue weighted by Crippen LogP contribution is -2.03. The van der Waals surface area contributed by atoms with Gasteiger partial charge < -0.3 is 15.2 Å². The van der Waals surface area contributed by atoms with Gasteiger partial charge in [-0.15, -0.1) is 0 Å². The smallest absolute Gasteiger partial charge is 0.169 e. The summed E-state index contributed by atoms with van der Waals surface area (Å²) in [5.41, 5.74) is 6.38. The molecule has 2 aromatic rings. The minimum absolute atomic E-state index is 0.341. The number of benzene rings is 1. The van der Waals surface area contributed by atoms with Gasteiger partial charge in [-0.05, 0) is 30.7 Å². The number of hydrogen-bond acceptors (Lipinski definition) is 4. The Bertz CT molecular complexity index is 529. The summed E-state index contributed by atoms with van der Waals surface area (Å²) >= 11 is 0. The van der Waals surface area contributed by atoms with E-state index in [9.17, 15) is 0 Å². The number of para-hydroxylation sites is 2. The van der Waals surface area contributed by atoms with Crippen molar-refractivity contribution in [2.75, 3.05) is 6.61 Å². The molecule has 4 nitrogen and oxygen atoms in total. The highest BCUT2D eigenvalue weighted by atomic mass is 16.5. The van der Waals surface area contributed by atoms with Crippen LogP contribution in [-0.2, 0) is 6.54 Å². The molecule has 0 amide bonds. The summed E-state index contributed by atoms with van der Waals surface area (Å²) in [6.45, 7) is 3.07. The first-order valence-electron chi connectivity index (χ1n) is 6.38. The normalized spacial score (nSPS) is 10.2. The van der Waals surface area contributed by atoms with Crippen LogP contribution in [0.1, 0.15) is 19.0 Å². The Labute approximate surface area is 113 Å². The zero-order valence-electron chi connectivity index (χ0n) is 11.0. The Morgan fingerprint density at radius 1 is 1.05 bits per heavy atom. The molecule has 0 atom stereocenters. The van der Waals surface area contributed by atoms with Gasteiger partial charge in [-0.2, -0.15) is 0 Å². The van der Waals surface area contributed by atoms with E-state index in [1.807, 2.05) is 36.4 Å². The van der Waals surface area contributed by atoms with E-state index < -0.39 is 0 Å². The van der Waals surface area contributed by atoms with E-state index in [2.05, 4.69) is 11.9 Å². The third-order valence-corrected chi connectivity index (χ3v) is 2.57. The first-order chi connectivity index (χ1) is 9.35. The van der Waals surface area contributed by atoms with Crippen molar-refractivity contribution in [1.29, 1.82) is 0 Å². The summed E-state index contributed by atoms with van der Waals surface area (Å²) in [7, 11) is 0. The van der Waals surface area contributed by atoms with E-state index in [0.29, 0.717) is 24.7 Å². The molecule has 2 rings (SSSR count). The number of pyridine rings is 1. The standard InChI is InChI=1S/C15H18N2O2/c1-2-10-18-14-6-3-4-7-15(14)19-13-8-5-9-17-12(13)11-16/h3-9H,2,10-11,16H2,1H3. The third-order valence-electron chi connectivity index (χ3n) is 2.57. The fourth-order valence-corrected chi connectivity index (χ4v) is 1.65. The van der Waals surface area contributed by atoms with Crippen LogP contribution in [-0.4, -0.2) is 11.6 Å². The van der Waals surface area contributed by atoms with Gasteiger partial charge in [-0.1, -0.05) is 19.1 Å². The van der Waals surface area contributed by atoms with E-state index >= 15 is 0 Å². The van der Waals surface area contributed by atoms with Gasteiger partial charge in [0, 0.05) is 12.7 Å². The van der Waals surface area contributed by atoms with Crippen molar-refractivity contribution in [3.8, 4) is 17.2 Å². The number of aromatic nitrogens is 1. The first kappa shape index (κ1) is 13.4. The zero-order valence-corrected chi connectivity index (χ0v) is 11.0. The maximum Gasteiger partial charge on any atom is 0.169 e. The Morgan fingerprint density at radius 2 is 1.79 bits per heavy atom. The van der Waals surface area contributed by atoms with E-state index in [1.54, 1.807) is 6.20 Å². The van der Waals surface area contributed by atoms with E-state index in [-0.39, 0.29) is 0 Å². The second-order valence-corrected chi connectivity index (χ2v) is 4.05. The highest BCUT2D eigenvalue weighted by Gasteiger charge is 2.08. The number of nitrogens with two attached hydrogens (primary N) is 1. The van der Waals surface area contributed by atoms with Gasteiger partial charge in [0.1, 0.15) is 5.75 Å². The molecule has 0 saturated heterocycles. The van der Waals surface area contributed by atoms with Crippen molar-refractivity contribution in [1.82, 2.24) is 4.98 Å². The molecule has 0 saturated carbocycles. The minimum Gasteiger partial charge on any atom is -0.490 e. The number of ether oxygens (including phenoxy) is 2. The van der Waals surface area contributed by atoms with Crippen molar-refractivity contribution < 1.29 is 9.47 Å². The van der Waals surface area contributed by atoms with Crippen molar-refractivity contribution in [2.45, 2.75) is 19.9 Å². The van der Waals surface area contributed by atoms with E-state index in [0.717, 1.165) is 17.9 Å². The summed E-state index contributed by atoms with van der Waals surface area (Å²) in [6, 6.07) is 11.3. The summed E-state index contributed by atoms with van der Waals surface area (Å²) < 4.78 is 11.5. The maximum absolute atomic E-state index is 5.86. The molecule has 1 aromatic carbocycles. The van der Waals surface area contributed by atoms with E-state index in [1.165, 1.54) is 0 Å². The average molecular weight is 258 g/mol. The van der Waals surface area contributed by atoms with Crippen molar-refractivity contribution in [2.24, 2.45) is 5.73 Å². The highest BCUT2D eigenvalue weighted by Crippen LogP contribution is 2.32. The molecule has 0 aliphatic heterocycles. The second kappa shape index (κ2) is 6.75. The van der Waals surface area contributed by atoms with Crippen LogP contribution in [0.5, 0.6) is 17.2 Å². The van der Waals surface area contributed by atoms with Gasteiger partial charge in [0.05, 0.1) is 12.3 Å². The summed E-state index contributed by atoms with van der Waals surface area (Å²) in [4.78, 5) is 4.19. The molecule has 0 aliphatic rings. The molecule has 0 fully saturated rings. The Balaban J connectivity index is 2.22. The predicted molar refractivity (Wildman–Crippen MR) is 74.4 cm³/mol. The van der Waals surface area contributed by atoms with Gasteiger partial charge in [-0.3, -0.25) is 4.98 Å². The van der Waals surface area contributed by atoms with Gasteiger partial charge in [0.2, 0.25) is 0 Å². The number of nitrogens with zero attached hydrogens (tertiary/aromatic N) is 1. The van der Waals surface area contributed by atoms with Crippen molar-refractivity contribution in [3.63, 3.8) is 0 Å². The van der Waals surface area contributed by atoms with Gasteiger partial charge in [-0.25, -0.2) is 0 Å². The van der Waals surface area contributed by atoms with Crippen LogP contribution in [0.15, 0.2) is 42.6 Å². The van der Waals surface area contributed by atoms with Crippen LogP contribution in [0.25, 0.3) is 0 Å². The van der Waals surface area contributed by atoms with Crippen LogP contribution in [0.2, 0.25) is 0 Å². The Kier molecular flexibility index (Phi) is 4.75. The maximum atomic E-state index is 5.86. The highest BCUT2D eigenvalue weighted by molar-refractivity contribution is 5.43. The summed E-state index contributed by atoms with van der Waals surface area (Å²) in [6.07, 6.45) is 2.66. The van der Waals surface area contributed by atoms with Crippen LogP contribution >= 0.6 is 0 Å².